The number of ether oxygens (including phenoxy) is 2. The van der Waals surface area contributed by atoms with Crippen molar-refractivity contribution in [3.63, 3.8) is 0 Å². The smallest absolute Gasteiger partial charge is 0.179 e. The monoisotopic (exact) mass is 369 g/mol. The summed E-state index contributed by atoms with van der Waals surface area (Å²) < 4.78 is 11.6. The summed E-state index contributed by atoms with van der Waals surface area (Å²) >= 11 is 0. The third-order valence-corrected chi connectivity index (χ3v) is 4.74. The molecule has 0 fully saturated rings. The summed E-state index contributed by atoms with van der Waals surface area (Å²) in [6.07, 6.45) is 0.879. The molecule has 0 N–H and O–H groups in total. The lowest BCUT2D eigenvalue weighted by atomic mass is 10.1. The average Bonchev–Trinajstić information content (AvgIpc) is 2.98. The molecule has 1 aliphatic rings. The minimum absolute atomic E-state index is 0.615. The standard InChI is InChI=1S/C23H19N3O2/c1-15-6-4-9-19(24-15)23-25-18-8-3-2-7-17(18)22(26-23)16-10-11-20-21(14-16)28-13-5-12-27-20/h2-4,6-11,14H,5,12-13H2,1H3. The van der Waals surface area contributed by atoms with Crippen LogP contribution in [0.2, 0.25) is 0 Å². The minimum atomic E-state index is 0.615. The van der Waals surface area contributed by atoms with Crippen molar-refractivity contribution in [3.05, 3.63) is 66.4 Å². The van der Waals surface area contributed by atoms with Crippen LogP contribution in [-0.4, -0.2) is 28.2 Å². The highest BCUT2D eigenvalue weighted by Crippen LogP contribution is 2.36. The van der Waals surface area contributed by atoms with Gasteiger partial charge in [-0.2, -0.15) is 0 Å². The van der Waals surface area contributed by atoms with E-state index < -0.39 is 0 Å². The Hall–Kier alpha value is -3.47. The third kappa shape index (κ3) is 3.05. The van der Waals surface area contributed by atoms with E-state index in [1.807, 2.05) is 67.6 Å². The van der Waals surface area contributed by atoms with Crippen molar-refractivity contribution >= 4 is 10.9 Å². The minimum Gasteiger partial charge on any atom is -0.490 e. The fourth-order valence-electron chi connectivity index (χ4n) is 3.39. The predicted octanol–water partition coefficient (Wildman–Crippen LogP) is 4.83. The van der Waals surface area contributed by atoms with Gasteiger partial charge in [0.2, 0.25) is 0 Å². The van der Waals surface area contributed by atoms with Crippen LogP contribution in [0.1, 0.15) is 12.1 Å². The van der Waals surface area contributed by atoms with Crippen molar-refractivity contribution in [3.8, 4) is 34.3 Å². The number of aryl methyl sites for hydroxylation is 1. The van der Waals surface area contributed by atoms with Gasteiger partial charge >= 0.3 is 0 Å². The van der Waals surface area contributed by atoms with Crippen LogP contribution in [0.25, 0.3) is 33.7 Å². The molecule has 5 heteroatoms. The summed E-state index contributed by atoms with van der Waals surface area (Å²) in [6, 6.07) is 19.9. The van der Waals surface area contributed by atoms with Gasteiger partial charge in [0.25, 0.3) is 0 Å². The molecule has 3 heterocycles. The lowest BCUT2D eigenvalue weighted by Crippen LogP contribution is -1.98. The molecule has 0 aliphatic carbocycles. The Morgan fingerprint density at radius 2 is 1.64 bits per heavy atom. The van der Waals surface area contributed by atoms with Crippen molar-refractivity contribution in [1.82, 2.24) is 15.0 Å². The van der Waals surface area contributed by atoms with Crippen molar-refractivity contribution in [1.29, 1.82) is 0 Å². The van der Waals surface area contributed by atoms with E-state index in [2.05, 4.69) is 4.98 Å². The van der Waals surface area contributed by atoms with E-state index in [1.165, 1.54) is 0 Å². The van der Waals surface area contributed by atoms with E-state index in [0.717, 1.165) is 51.5 Å². The Balaban J connectivity index is 1.71. The maximum Gasteiger partial charge on any atom is 0.179 e. The molecule has 2 aromatic carbocycles. The third-order valence-electron chi connectivity index (χ3n) is 4.74. The van der Waals surface area contributed by atoms with E-state index in [0.29, 0.717) is 19.0 Å². The first-order valence-electron chi connectivity index (χ1n) is 9.39. The molecule has 0 radical (unpaired) electrons. The van der Waals surface area contributed by atoms with Crippen LogP contribution in [0.15, 0.2) is 60.7 Å². The first-order valence-corrected chi connectivity index (χ1v) is 9.39. The maximum absolute atomic E-state index is 5.87. The zero-order valence-corrected chi connectivity index (χ0v) is 15.6. The van der Waals surface area contributed by atoms with Gasteiger partial charge in [-0.1, -0.05) is 24.3 Å². The molecule has 138 valence electrons. The summed E-state index contributed by atoms with van der Waals surface area (Å²) in [5.41, 5.74) is 4.42. The van der Waals surface area contributed by atoms with Crippen molar-refractivity contribution in [2.75, 3.05) is 13.2 Å². The number of rotatable bonds is 2. The lowest BCUT2D eigenvalue weighted by molar-refractivity contribution is 0.297. The summed E-state index contributed by atoms with van der Waals surface area (Å²) in [7, 11) is 0. The highest BCUT2D eigenvalue weighted by atomic mass is 16.5. The summed E-state index contributed by atoms with van der Waals surface area (Å²) in [4.78, 5) is 14.2. The molecule has 5 rings (SSSR count). The van der Waals surface area contributed by atoms with Gasteiger partial charge in [0.15, 0.2) is 17.3 Å². The number of aromatic nitrogens is 3. The fraction of sp³-hybridized carbons (Fsp3) is 0.174. The van der Waals surface area contributed by atoms with E-state index >= 15 is 0 Å². The van der Waals surface area contributed by atoms with Gasteiger partial charge < -0.3 is 9.47 Å². The molecule has 1 aliphatic heterocycles. The highest BCUT2D eigenvalue weighted by Gasteiger charge is 2.16. The first-order chi connectivity index (χ1) is 13.8. The fourth-order valence-corrected chi connectivity index (χ4v) is 3.39. The first kappa shape index (κ1) is 16.7. The Morgan fingerprint density at radius 3 is 2.54 bits per heavy atom. The summed E-state index contributed by atoms with van der Waals surface area (Å²) in [6.45, 7) is 3.29. The van der Waals surface area contributed by atoms with Gasteiger partial charge in [-0.05, 0) is 43.3 Å². The van der Waals surface area contributed by atoms with Crippen LogP contribution in [0.4, 0.5) is 0 Å². The Labute approximate surface area is 163 Å². The molecule has 0 saturated carbocycles. The number of pyridine rings is 1. The lowest BCUT2D eigenvalue weighted by Gasteiger charge is -2.12. The second kappa shape index (κ2) is 6.93. The Morgan fingerprint density at radius 1 is 0.786 bits per heavy atom. The van der Waals surface area contributed by atoms with Crippen molar-refractivity contribution in [2.24, 2.45) is 0 Å². The number of benzene rings is 2. The molecule has 28 heavy (non-hydrogen) atoms. The van der Waals surface area contributed by atoms with E-state index in [1.54, 1.807) is 0 Å². The molecule has 0 spiro atoms. The summed E-state index contributed by atoms with van der Waals surface area (Å²) in [5, 5.41) is 0.994. The molecule has 0 unspecified atom stereocenters. The Kier molecular flexibility index (Phi) is 4.13. The number of hydrogen-bond acceptors (Lipinski definition) is 5. The number of fused-ring (bicyclic) bond motifs is 2. The maximum atomic E-state index is 5.87. The number of hydrogen-bond donors (Lipinski definition) is 0. The van der Waals surface area contributed by atoms with Crippen LogP contribution in [-0.2, 0) is 0 Å². The van der Waals surface area contributed by atoms with Gasteiger partial charge in [0.1, 0.15) is 5.69 Å². The Bertz CT molecular complexity index is 1170. The summed E-state index contributed by atoms with van der Waals surface area (Å²) in [5.74, 6) is 2.15. The zero-order valence-electron chi connectivity index (χ0n) is 15.6. The largest absolute Gasteiger partial charge is 0.490 e. The van der Waals surface area contributed by atoms with Crippen LogP contribution < -0.4 is 9.47 Å². The second-order valence-corrected chi connectivity index (χ2v) is 6.79. The van der Waals surface area contributed by atoms with Gasteiger partial charge in [-0.15, -0.1) is 0 Å². The highest BCUT2D eigenvalue weighted by molar-refractivity contribution is 5.93. The van der Waals surface area contributed by atoms with E-state index in [-0.39, 0.29) is 0 Å². The van der Waals surface area contributed by atoms with Gasteiger partial charge in [-0.25, -0.2) is 15.0 Å². The van der Waals surface area contributed by atoms with Crippen LogP contribution >= 0.6 is 0 Å². The SMILES string of the molecule is Cc1cccc(-c2nc(-c3ccc4c(c3)OCCCO4)c3ccccc3n2)n1. The second-order valence-electron chi connectivity index (χ2n) is 6.79. The van der Waals surface area contributed by atoms with Gasteiger partial charge in [-0.3, -0.25) is 0 Å². The molecule has 4 aromatic rings. The van der Waals surface area contributed by atoms with Crippen molar-refractivity contribution < 1.29 is 9.47 Å². The molecule has 5 nitrogen and oxygen atoms in total. The molecule has 0 atom stereocenters. The molecule has 2 aromatic heterocycles. The van der Waals surface area contributed by atoms with Crippen LogP contribution in [0, 0.1) is 6.92 Å². The normalized spacial score (nSPS) is 13.3. The van der Waals surface area contributed by atoms with Crippen molar-refractivity contribution in [2.45, 2.75) is 13.3 Å². The van der Waals surface area contributed by atoms with Gasteiger partial charge in [0, 0.05) is 23.1 Å². The van der Waals surface area contributed by atoms with E-state index in [9.17, 15) is 0 Å². The molecule has 0 amide bonds. The van der Waals surface area contributed by atoms with Crippen LogP contribution in [0.5, 0.6) is 11.5 Å². The molecule has 0 saturated heterocycles. The predicted molar refractivity (Wildman–Crippen MR) is 109 cm³/mol. The average molecular weight is 369 g/mol. The topological polar surface area (TPSA) is 57.1 Å². The zero-order chi connectivity index (χ0) is 18.9. The van der Waals surface area contributed by atoms with Gasteiger partial charge in [0.05, 0.1) is 24.4 Å². The van der Waals surface area contributed by atoms with E-state index in [4.69, 9.17) is 19.4 Å². The van der Waals surface area contributed by atoms with Crippen LogP contribution in [0.3, 0.4) is 0 Å². The quantitative estimate of drug-likeness (QED) is 0.507. The molecular weight excluding hydrogens is 350 g/mol. The number of para-hydroxylation sites is 1. The molecule has 0 bridgehead atoms. The molecular formula is C23H19N3O2. The number of nitrogens with zero attached hydrogens (tertiary/aromatic N) is 3.